The second-order valence-corrected chi connectivity index (χ2v) is 6.43. The summed E-state index contributed by atoms with van der Waals surface area (Å²) < 4.78 is 5.33. The molecule has 2 saturated heterocycles. The summed E-state index contributed by atoms with van der Waals surface area (Å²) in [6, 6.07) is -0.00918. The normalized spacial score (nSPS) is 39.1. The van der Waals surface area contributed by atoms with Crippen molar-refractivity contribution in [1.29, 1.82) is 0 Å². The van der Waals surface area contributed by atoms with Crippen molar-refractivity contribution >= 4 is 5.91 Å². The molecule has 0 spiro atoms. The van der Waals surface area contributed by atoms with Gasteiger partial charge in [0.05, 0.1) is 12.1 Å². The number of fused-ring (bicyclic) bond motifs is 1. The molecule has 4 unspecified atom stereocenters. The lowest BCUT2D eigenvalue weighted by molar-refractivity contribution is -0.136. The maximum atomic E-state index is 12.5. The topological polar surface area (TPSA) is 41.6 Å². The first kappa shape index (κ1) is 13.4. The summed E-state index contributed by atoms with van der Waals surface area (Å²) in [5.74, 6) is 1.97. The number of carbonyl (C=O) groups excluding carboxylic acids is 1. The van der Waals surface area contributed by atoms with Crippen LogP contribution in [0.4, 0.5) is 0 Å². The van der Waals surface area contributed by atoms with Crippen LogP contribution in [0.25, 0.3) is 0 Å². The van der Waals surface area contributed by atoms with Crippen molar-refractivity contribution in [2.24, 2.45) is 11.8 Å². The zero-order chi connectivity index (χ0) is 13.2. The van der Waals surface area contributed by atoms with Gasteiger partial charge in [-0.3, -0.25) is 4.79 Å². The fourth-order valence-electron chi connectivity index (χ4n) is 4.09. The minimum Gasteiger partial charge on any atom is -0.380 e. The molecule has 0 aromatic carbocycles. The second kappa shape index (κ2) is 5.80. The van der Waals surface area contributed by atoms with Gasteiger partial charge in [-0.2, -0.15) is 0 Å². The number of carbonyl (C=O) groups is 1. The van der Waals surface area contributed by atoms with Crippen LogP contribution in [-0.4, -0.2) is 49.7 Å². The van der Waals surface area contributed by atoms with E-state index in [0.717, 1.165) is 37.9 Å². The highest BCUT2D eigenvalue weighted by atomic mass is 16.5. The lowest BCUT2D eigenvalue weighted by Gasteiger charge is -2.42. The van der Waals surface area contributed by atoms with E-state index >= 15 is 0 Å². The number of amides is 1. The maximum absolute atomic E-state index is 12.5. The summed E-state index contributed by atoms with van der Waals surface area (Å²) >= 11 is 0. The van der Waals surface area contributed by atoms with Gasteiger partial charge >= 0.3 is 0 Å². The number of likely N-dealkylation sites (tertiary alicyclic amines) is 1. The molecule has 0 radical (unpaired) electrons. The van der Waals surface area contributed by atoms with E-state index in [-0.39, 0.29) is 12.1 Å². The minimum absolute atomic E-state index is 0.00918. The number of hydrogen-bond donors (Lipinski definition) is 1. The average Bonchev–Trinajstić information content (AvgIpc) is 2.95. The van der Waals surface area contributed by atoms with Crippen molar-refractivity contribution in [2.45, 2.75) is 50.7 Å². The first-order valence-electron chi connectivity index (χ1n) is 7.83. The molecule has 3 fully saturated rings. The Morgan fingerprint density at radius 1 is 1.21 bits per heavy atom. The highest BCUT2D eigenvalue weighted by Crippen LogP contribution is 2.36. The van der Waals surface area contributed by atoms with Crippen molar-refractivity contribution in [3.05, 3.63) is 0 Å². The smallest absolute Gasteiger partial charge is 0.239 e. The lowest BCUT2D eigenvalue weighted by atomic mass is 9.75. The monoisotopic (exact) mass is 266 g/mol. The van der Waals surface area contributed by atoms with Gasteiger partial charge < -0.3 is 15.0 Å². The fraction of sp³-hybridized carbons (Fsp3) is 0.933. The molecule has 1 saturated carbocycles. The summed E-state index contributed by atoms with van der Waals surface area (Å²) in [5, 5.41) is 3.31. The number of piperidine rings is 1. The Labute approximate surface area is 115 Å². The molecule has 1 aliphatic carbocycles. The maximum Gasteiger partial charge on any atom is 0.239 e. The number of rotatable bonds is 2. The van der Waals surface area contributed by atoms with Crippen LogP contribution in [0.15, 0.2) is 0 Å². The van der Waals surface area contributed by atoms with E-state index in [9.17, 15) is 4.79 Å². The van der Waals surface area contributed by atoms with Crippen molar-refractivity contribution in [2.75, 3.05) is 26.7 Å². The van der Waals surface area contributed by atoms with E-state index < -0.39 is 0 Å². The van der Waals surface area contributed by atoms with Crippen LogP contribution in [0.5, 0.6) is 0 Å². The van der Waals surface area contributed by atoms with Crippen molar-refractivity contribution < 1.29 is 9.53 Å². The first-order chi connectivity index (χ1) is 9.28. The van der Waals surface area contributed by atoms with E-state index in [1.54, 1.807) is 7.11 Å². The first-order valence-corrected chi connectivity index (χ1v) is 7.83. The van der Waals surface area contributed by atoms with Crippen LogP contribution < -0.4 is 5.32 Å². The summed E-state index contributed by atoms with van der Waals surface area (Å²) in [6.07, 6.45) is 7.73. The van der Waals surface area contributed by atoms with E-state index in [1.807, 2.05) is 0 Å². The Hall–Kier alpha value is -0.610. The molecule has 0 bridgehead atoms. The van der Waals surface area contributed by atoms with Crippen molar-refractivity contribution in [1.82, 2.24) is 10.2 Å². The van der Waals surface area contributed by atoms with E-state index in [0.29, 0.717) is 5.91 Å². The van der Waals surface area contributed by atoms with Crippen molar-refractivity contribution in [3.63, 3.8) is 0 Å². The van der Waals surface area contributed by atoms with Crippen LogP contribution >= 0.6 is 0 Å². The molecule has 4 nitrogen and oxygen atoms in total. The average molecular weight is 266 g/mol. The second-order valence-electron chi connectivity index (χ2n) is 6.43. The zero-order valence-electron chi connectivity index (χ0n) is 11.9. The number of nitrogens with one attached hydrogen (secondary N) is 1. The van der Waals surface area contributed by atoms with Gasteiger partial charge in [0.1, 0.15) is 0 Å². The standard InChI is InChI=1S/C15H26N2O2/c1-19-13-8-14(16-9-13)15(18)17-7-6-11-4-2-3-5-12(11)10-17/h11-14,16H,2-10H2,1H3. The number of nitrogens with zero attached hydrogens (tertiary/aromatic N) is 1. The number of methoxy groups -OCH3 is 1. The molecule has 2 heterocycles. The predicted octanol–water partition coefficient (Wildman–Crippen LogP) is 1.40. The van der Waals surface area contributed by atoms with Crippen LogP contribution in [0.2, 0.25) is 0 Å². The predicted molar refractivity (Wildman–Crippen MR) is 73.8 cm³/mol. The molecule has 4 atom stereocenters. The van der Waals surface area contributed by atoms with E-state index in [2.05, 4.69) is 10.2 Å². The summed E-state index contributed by atoms with van der Waals surface area (Å²) in [6.45, 7) is 2.78. The van der Waals surface area contributed by atoms with Gasteiger partial charge in [-0.1, -0.05) is 19.3 Å². The van der Waals surface area contributed by atoms with Gasteiger partial charge in [0.25, 0.3) is 0 Å². The van der Waals surface area contributed by atoms with Crippen LogP contribution in [-0.2, 0) is 9.53 Å². The molecule has 1 amide bonds. The largest absolute Gasteiger partial charge is 0.380 e. The van der Waals surface area contributed by atoms with Crippen LogP contribution in [0, 0.1) is 11.8 Å². The molecular weight excluding hydrogens is 240 g/mol. The highest BCUT2D eigenvalue weighted by Gasteiger charge is 2.37. The van der Waals surface area contributed by atoms with Gasteiger partial charge in [0.15, 0.2) is 0 Å². The third-order valence-electron chi connectivity index (χ3n) is 5.32. The third kappa shape index (κ3) is 2.79. The summed E-state index contributed by atoms with van der Waals surface area (Å²) in [4.78, 5) is 14.7. The molecule has 4 heteroatoms. The molecule has 3 aliphatic rings. The Morgan fingerprint density at radius 2 is 2.00 bits per heavy atom. The summed E-state index contributed by atoms with van der Waals surface area (Å²) in [5.41, 5.74) is 0. The Morgan fingerprint density at radius 3 is 2.74 bits per heavy atom. The van der Waals surface area contributed by atoms with Gasteiger partial charge in [0.2, 0.25) is 5.91 Å². The van der Waals surface area contributed by atoms with E-state index in [4.69, 9.17) is 4.74 Å². The highest BCUT2D eigenvalue weighted by molar-refractivity contribution is 5.82. The molecule has 0 aromatic heterocycles. The van der Waals surface area contributed by atoms with Gasteiger partial charge in [0, 0.05) is 26.7 Å². The molecule has 2 aliphatic heterocycles. The number of hydrogen-bond acceptors (Lipinski definition) is 3. The van der Waals surface area contributed by atoms with Gasteiger partial charge in [-0.15, -0.1) is 0 Å². The summed E-state index contributed by atoms with van der Waals surface area (Å²) in [7, 11) is 1.73. The Balaban J connectivity index is 1.56. The van der Waals surface area contributed by atoms with Crippen LogP contribution in [0.1, 0.15) is 38.5 Å². The van der Waals surface area contributed by atoms with E-state index in [1.165, 1.54) is 32.1 Å². The Kier molecular flexibility index (Phi) is 4.08. The molecule has 1 N–H and O–H groups in total. The number of ether oxygens (including phenoxy) is 1. The molecule has 0 aromatic rings. The quantitative estimate of drug-likeness (QED) is 0.821. The molecule has 19 heavy (non-hydrogen) atoms. The van der Waals surface area contributed by atoms with Gasteiger partial charge in [-0.25, -0.2) is 0 Å². The SMILES string of the molecule is COC1CNC(C(=O)N2CCC3CCCCC3C2)C1. The van der Waals surface area contributed by atoms with Gasteiger partial charge in [-0.05, 0) is 31.1 Å². The Bertz CT molecular complexity index is 334. The zero-order valence-corrected chi connectivity index (χ0v) is 11.9. The van der Waals surface area contributed by atoms with Crippen molar-refractivity contribution in [3.8, 4) is 0 Å². The molecular formula is C15H26N2O2. The lowest BCUT2D eigenvalue weighted by Crippen LogP contribution is -2.50. The molecule has 3 rings (SSSR count). The third-order valence-corrected chi connectivity index (χ3v) is 5.32. The van der Waals surface area contributed by atoms with Crippen LogP contribution in [0.3, 0.4) is 0 Å². The molecule has 108 valence electrons. The minimum atomic E-state index is -0.00918. The fourth-order valence-corrected chi connectivity index (χ4v) is 4.09.